The second-order valence-electron chi connectivity index (χ2n) is 5.55. The Bertz CT molecular complexity index is 629. The van der Waals surface area contributed by atoms with Gasteiger partial charge in [0.25, 0.3) is 5.69 Å². The van der Waals surface area contributed by atoms with Gasteiger partial charge in [0.05, 0.1) is 17.4 Å². The van der Waals surface area contributed by atoms with E-state index in [-0.39, 0.29) is 23.4 Å². The van der Waals surface area contributed by atoms with Crippen LogP contribution >= 0.6 is 0 Å². The molecule has 1 aliphatic rings. The van der Waals surface area contributed by atoms with Crippen LogP contribution in [0.5, 0.6) is 0 Å². The Labute approximate surface area is 134 Å². The van der Waals surface area contributed by atoms with Crippen LogP contribution in [0.25, 0.3) is 0 Å². The summed E-state index contributed by atoms with van der Waals surface area (Å²) in [7, 11) is 0. The topological polar surface area (TPSA) is 89.8 Å². The van der Waals surface area contributed by atoms with Crippen molar-refractivity contribution in [2.45, 2.75) is 26.7 Å². The summed E-state index contributed by atoms with van der Waals surface area (Å²) in [6.45, 7) is 4.65. The number of carbonyl (C=O) groups excluding carboxylic acids is 2. The molecule has 0 spiro atoms. The van der Waals surface area contributed by atoms with Crippen LogP contribution in [-0.4, -0.2) is 36.4 Å². The van der Waals surface area contributed by atoms with Gasteiger partial charge in [0.1, 0.15) is 0 Å². The number of carbonyl (C=O) groups is 2. The molecule has 1 aromatic rings. The van der Waals surface area contributed by atoms with Gasteiger partial charge in [-0.2, -0.15) is 0 Å². The molecule has 0 N–H and O–H groups in total. The van der Waals surface area contributed by atoms with E-state index < -0.39 is 4.92 Å². The number of nitrogens with zero attached hydrogens (tertiary/aromatic N) is 2. The van der Waals surface area contributed by atoms with Crippen LogP contribution in [0.15, 0.2) is 18.2 Å². The van der Waals surface area contributed by atoms with Gasteiger partial charge in [-0.05, 0) is 32.8 Å². The summed E-state index contributed by atoms with van der Waals surface area (Å²) in [5.74, 6) is -0.704. The van der Waals surface area contributed by atoms with Gasteiger partial charge in [-0.15, -0.1) is 0 Å². The summed E-state index contributed by atoms with van der Waals surface area (Å²) in [6.07, 6.45) is 1.55. The third kappa shape index (κ3) is 3.85. The molecular weight excluding hydrogens is 300 g/mol. The van der Waals surface area contributed by atoms with E-state index >= 15 is 0 Å². The number of hydrogen-bond donors (Lipinski definition) is 0. The summed E-state index contributed by atoms with van der Waals surface area (Å²) in [4.78, 5) is 36.1. The fourth-order valence-electron chi connectivity index (χ4n) is 2.84. The number of nitro benzene ring substituents is 1. The van der Waals surface area contributed by atoms with E-state index in [0.717, 1.165) is 12.8 Å². The Morgan fingerprint density at radius 2 is 2.17 bits per heavy atom. The molecule has 1 aliphatic heterocycles. The van der Waals surface area contributed by atoms with E-state index in [0.29, 0.717) is 30.9 Å². The third-order valence-corrected chi connectivity index (χ3v) is 3.95. The molecule has 7 heteroatoms. The Kier molecular flexibility index (Phi) is 5.31. The number of Topliss-reactive ketones (excluding diaryl/α,β-unsaturated/α-hetero) is 1. The summed E-state index contributed by atoms with van der Waals surface area (Å²) >= 11 is 0. The Morgan fingerprint density at radius 1 is 1.43 bits per heavy atom. The molecule has 0 bridgehead atoms. The van der Waals surface area contributed by atoms with Crippen LogP contribution in [-0.2, 0) is 9.53 Å². The zero-order valence-electron chi connectivity index (χ0n) is 13.3. The molecule has 7 nitrogen and oxygen atoms in total. The van der Waals surface area contributed by atoms with Crippen molar-refractivity contribution in [2.24, 2.45) is 5.92 Å². The molecule has 23 heavy (non-hydrogen) atoms. The summed E-state index contributed by atoms with van der Waals surface area (Å²) < 4.78 is 5.07. The monoisotopic (exact) mass is 320 g/mol. The lowest BCUT2D eigenvalue weighted by Gasteiger charge is -2.34. The molecule has 124 valence electrons. The number of non-ortho nitro benzene ring substituents is 1. The Hall–Kier alpha value is -2.44. The van der Waals surface area contributed by atoms with Crippen molar-refractivity contribution >= 4 is 23.1 Å². The molecule has 1 aromatic carbocycles. The van der Waals surface area contributed by atoms with Gasteiger partial charge in [0.15, 0.2) is 5.78 Å². The SMILES string of the molecule is CCOC(=O)[C@@H]1CCCN(c2ccc([N+](=O)[O-])cc2C(C)=O)C1. The van der Waals surface area contributed by atoms with E-state index in [1.54, 1.807) is 13.0 Å². The van der Waals surface area contributed by atoms with Gasteiger partial charge >= 0.3 is 5.97 Å². The zero-order chi connectivity index (χ0) is 17.0. The van der Waals surface area contributed by atoms with Crippen LogP contribution in [0.4, 0.5) is 11.4 Å². The number of hydrogen-bond acceptors (Lipinski definition) is 6. The van der Waals surface area contributed by atoms with Gasteiger partial charge in [-0.1, -0.05) is 0 Å². The molecule has 0 unspecified atom stereocenters. The first-order chi connectivity index (χ1) is 10.9. The second kappa shape index (κ2) is 7.21. The van der Waals surface area contributed by atoms with Gasteiger partial charge < -0.3 is 9.64 Å². The number of esters is 1. The van der Waals surface area contributed by atoms with Crippen LogP contribution in [0.1, 0.15) is 37.0 Å². The predicted molar refractivity (Wildman–Crippen MR) is 84.7 cm³/mol. The first-order valence-corrected chi connectivity index (χ1v) is 7.65. The van der Waals surface area contributed by atoms with Gasteiger partial charge in [0, 0.05) is 36.5 Å². The summed E-state index contributed by atoms with van der Waals surface area (Å²) in [5.41, 5.74) is 0.832. The number of ketones is 1. The second-order valence-corrected chi connectivity index (χ2v) is 5.55. The standard InChI is InChI=1S/C16H20N2O5/c1-3-23-16(20)12-5-4-8-17(10-12)15-7-6-13(18(21)22)9-14(15)11(2)19/h6-7,9,12H,3-5,8,10H2,1-2H3/t12-/m1/s1. The summed E-state index contributed by atoms with van der Waals surface area (Å²) in [6, 6.07) is 4.27. The average Bonchev–Trinajstić information content (AvgIpc) is 2.54. The summed E-state index contributed by atoms with van der Waals surface area (Å²) in [5, 5.41) is 10.9. The van der Waals surface area contributed by atoms with Gasteiger partial charge in [0.2, 0.25) is 0 Å². The minimum Gasteiger partial charge on any atom is -0.466 e. The maximum Gasteiger partial charge on any atom is 0.310 e. The Morgan fingerprint density at radius 3 is 2.78 bits per heavy atom. The van der Waals surface area contributed by atoms with Crippen molar-refractivity contribution in [1.29, 1.82) is 0 Å². The number of ether oxygens (including phenoxy) is 1. The highest BCUT2D eigenvalue weighted by Gasteiger charge is 2.29. The van der Waals surface area contributed by atoms with E-state index in [1.165, 1.54) is 19.1 Å². The smallest absolute Gasteiger partial charge is 0.310 e. The molecule has 0 amide bonds. The average molecular weight is 320 g/mol. The Balaban J connectivity index is 2.28. The van der Waals surface area contributed by atoms with Crippen LogP contribution in [0, 0.1) is 16.0 Å². The van der Waals surface area contributed by atoms with Crippen molar-refractivity contribution in [2.75, 3.05) is 24.6 Å². The molecule has 2 rings (SSSR count). The fourth-order valence-corrected chi connectivity index (χ4v) is 2.84. The maximum absolute atomic E-state index is 11.9. The molecular formula is C16H20N2O5. The minimum atomic E-state index is -0.520. The van der Waals surface area contributed by atoms with Crippen molar-refractivity contribution in [3.05, 3.63) is 33.9 Å². The first-order valence-electron chi connectivity index (χ1n) is 7.65. The number of rotatable bonds is 5. The molecule has 1 heterocycles. The fraction of sp³-hybridized carbons (Fsp3) is 0.500. The van der Waals surface area contributed by atoms with E-state index in [4.69, 9.17) is 4.74 Å². The largest absolute Gasteiger partial charge is 0.466 e. The molecule has 0 radical (unpaired) electrons. The highest BCUT2D eigenvalue weighted by molar-refractivity contribution is 6.00. The van der Waals surface area contributed by atoms with Crippen molar-refractivity contribution in [3.63, 3.8) is 0 Å². The molecule has 1 fully saturated rings. The molecule has 0 saturated carbocycles. The van der Waals surface area contributed by atoms with Gasteiger partial charge in [-0.3, -0.25) is 19.7 Å². The first kappa shape index (κ1) is 16.9. The third-order valence-electron chi connectivity index (χ3n) is 3.95. The van der Waals surface area contributed by atoms with Crippen LogP contribution < -0.4 is 4.90 Å². The number of anilines is 1. The lowest BCUT2D eigenvalue weighted by Crippen LogP contribution is -2.40. The van der Waals surface area contributed by atoms with E-state index in [1.807, 2.05) is 4.90 Å². The lowest BCUT2D eigenvalue weighted by molar-refractivity contribution is -0.384. The molecule has 0 aliphatic carbocycles. The zero-order valence-corrected chi connectivity index (χ0v) is 13.3. The predicted octanol–water partition coefficient (Wildman–Crippen LogP) is 2.58. The highest BCUT2D eigenvalue weighted by Crippen LogP contribution is 2.30. The number of benzene rings is 1. The maximum atomic E-state index is 11.9. The van der Waals surface area contributed by atoms with Crippen molar-refractivity contribution < 1.29 is 19.2 Å². The van der Waals surface area contributed by atoms with Crippen LogP contribution in [0.3, 0.4) is 0 Å². The quantitative estimate of drug-likeness (QED) is 0.358. The van der Waals surface area contributed by atoms with Gasteiger partial charge in [-0.25, -0.2) is 0 Å². The normalized spacial score (nSPS) is 17.7. The van der Waals surface area contributed by atoms with Crippen molar-refractivity contribution in [3.8, 4) is 0 Å². The lowest BCUT2D eigenvalue weighted by atomic mass is 9.96. The highest BCUT2D eigenvalue weighted by atomic mass is 16.6. The molecule has 0 aromatic heterocycles. The molecule has 1 atom stereocenters. The molecule has 1 saturated heterocycles. The van der Waals surface area contributed by atoms with E-state index in [9.17, 15) is 19.7 Å². The van der Waals surface area contributed by atoms with Crippen molar-refractivity contribution in [1.82, 2.24) is 0 Å². The van der Waals surface area contributed by atoms with Crippen LogP contribution in [0.2, 0.25) is 0 Å². The number of nitro groups is 1. The number of piperidine rings is 1. The minimum absolute atomic E-state index is 0.113. The van der Waals surface area contributed by atoms with E-state index in [2.05, 4.69) is 0 Å².